The molecule has 5 aromatic carbocycles. The van der Waals surface area contributed by atoms with Crippen molar-refractivity contribution in [3.05, 3.63) is 140 Å². The van der Waals surface area contributed by atoms with Crippen molar-refractivity contribution in [2.75, 3.05) is 0 Å². The van der Waals surface area contributed by atoms with Crippen LogP contribution in [0.2, 0.25) is 0 Å². The quantitative estimate of drug-likeness (QED) is 0.244. The molecule has 0 radical (unpaired) electrons. The summed E-state index contributed by atoms with van der Waals surface area (Å²) in [5.41, 5.74) is 10.8. The van der Waals surface area contributed by atoms with Crippen molar-refractivity contribution < 1.29 is 0 Å². The number of aromatic amines is 1. The molecule has 0 saturated carbocycles. The summed E-state index contributed by atoms with van der Waals surface area (Å²) in [6.07, 6.45) is 2.17. The Morgan fingerprint density at radius 2 is 1.17 bits per heavy atom. The number of H-pyrrole nitrogens is 1. The van der Waals surface area contributed by atoms with Crippen LogP contribution in [0.3, 0.4) is 0 Å². The minimum Gasteiger partial charge on any atom is -0.353 e. The highest BCUT2D eigenvalue weighted by molar-refractivity contribution is 6.19. The molecular formula is C38H24N4. The van der Waals surface area contributed by atoms with Crippen LogP contribution in [0, 0.1) is 0 Å². The third-order valence-corrected chi connectivity index (χ3v) is 8.38. The average molecular weight is 537 g/mol. The van der Waals surface area contributed by atoms with Crippen molar-refractivity contribution in [3.63, 3.8) is 0 Å². The first-order chi connectivity index (χ1) is 20.8. The Bertz CT molecular complexity index is 2450. The highest BCUT2D eigenvalue weighted by atomic mass is 14.9. The lowest BCUT2D eigenvalue weighted by Gasteiger charge is -2.11. The van der Waals surface area contributed by atoms with Crippen LogP contribution in [-0.4, -0.2) is 19.4 Å². The largest absolute Gasteiger partial charge is 0.353 e. The summed E-state index contributed by atoms with van der Waals surface area (Å²) in [5.74, 6) is 0.723. The monoisotopic (exact) mass is 536 g/mol. The molecule has 0 atom stereocenters. The van der Waals surface area contributed by atoms with E-state index in [1.54, 1.807) is 0 Å². The lowest BCUT2D eigenvalue weighted by Crippen LogP contribution is -1.96. The molecule has 9 rings (SSSR count). The van der Waals surface area contributed by atoms with Crippen molar-refractivity contribution in [3.8, 4) is 33.8 Å². The van der Waals surface area contributed by atoms with Crippen LogP contribution in [-0.2, 0) is 0 Å². The molecule has 0 aliphatic carbocycles. The smallest absolute Gasteiger partial charge is 0.163 e. The van der Waals surface area contributed by atoms with Crippen molar-refractivity contribution in [1.29, 1.82) is 0 Å². The van der Waals surface area contributed by atoms with Gasteiger partial charge in [-0.1, -0.05) is 109 Å². The summed E-state index contributed by atoms with van der Waals surface area (Å²) in [6, 6.07) is 46.7. The van der Waals surface area contributed by atoms with Crippen molar-refractivity contribution in [2.24, 2.45) is 0 Å². The summed E-state index contributed by atoms with van der Waals surface area (Å²) in [5, 5.41) is 4.58. The van der Waals surface area contributed by atoms with Gasteiger partial charge in [-0.2, -0.15) is 0 Å². The fourth-order valence-corrected chi connectivity index (χ4v) is 6.42. The number of para-hydroxylation sites is 3. The first-order valence-corrected chi connectivity index (χ1v) is 14.2. The van der Waals surface area contributed by atoms with Gasteiger partial charge in [-0.3, -0.25) is 0 Å². The predicted octanol–water partition coefficient (Wildman–Crippen LogP) is 9.67. The molecule has 9 aromatic rings. The third-order valence-electron chi connectivity index (χ3n) is 8.38. The molecule has 0 spiro atoms. The van der Waals surface area contributed by atoms with E-state index in [1.807, 2.05) is 12.1 Å². The van der Waals surface area contributed by atoms with Crippen LogP contribution in [0.4, 0.5) is 0 Å². The van der Waals surface area contributed by atoms with Gasteiger partial charge in [-0.05, 0) is 35.4 Å². The van der Waals surface area contributed by atoms with Crippen molar-refractivity contribution in [2.45, 2.75) is 0 Å². The second-order valence-corrected chi connectivity index (χ2v) is 10.7. The van der Waals surface area contributed by atoms with E-state index in [-0.39, 0.29) is 0 Å². The fourth-order valence-electron chi connectivity index (χ4n) is 6.42. The van der Waals surface area contributed by atoms with E-state index in [4.69, 9.17) is 9.97 Å². The number of benzene rings is 5. The number of rotatable bonds is 3. The van der Waals surface area contributed by atoms with Gasteiger partial charge in [0.05, 0.1) is 33.3 Å². The Balaban J connectivity index is 1.35. The van der Waals surface area contributed by atoms with Crippen molar-refractivity contribution >= 4 is 49.1 Å². The number of aromatic nitrogens is 4. The number of hydrogen-bond acceptors (Lipinski definition) is 2. The van der Waals surface area contributed by atoms with Gasteiger partial charge in [0.15, 0.2) is 5.82 Å². The zero-order chi connectivity index (χ0) is 27.6. The van der Waals surface area contributed by atoms with E-state index in [9.17, 15) is 0 Å². The molecule has 4 heteroatoms. The standard InChI is InChI=1S/C38H24N4/c1-2-10-24(11-3-1)25-18-20-26(21-19-25)35-29-13-5-8-16-32(29)40-38(41-35)34-30-14-6-9-17-33(30)42-23-22-28-27-12-4-7-15-31(27)39-36(28)37(34)42/h1-23,39H. The topological polar surface area (TPSA) is 46.0 Å². The third kappa shape index (κ3) is 3.36. The Morgan fingerprint density at radius 3 is 2.02 bits per heavy atom. The van der Waals surface area contributed by atoms with Crippen LogP contribution < -0.4 is 0 Å². The van der Waals surface area contributed by atoms with Gasteiger partial charge in [0.1, 0.15) is 0 Å². The van der Waals surface area contributed by atoms with E-state index in [0.29, 0.717) is 0 Å². The van der Waals surface area contributed by atoms with Gasteiger partial charge >= 0.3 is 0 Å². The number of nitrogens with zero attached hydrogens (tertiary/aromatic N) is 3. The molecular weight excluding hydrogens is 512 g/mol. The zero-order valence-corrected chi connectivity index (χ0v) is 22.6. The number of hydrogen-bond donors (Lipinski definition) is 1. The van der Waals surface area contributed by atoms with E-state index in [1.165, 1.54) is 21.9 Å². The lowest BCUT2D eigenvalue weighted by molar-refractivity contribution is 1.23. The molecule has 0 aliphatic rings. The predicted molar refractivity (Wildman–Crippen MR) is 174 cm³/mol. The summed E-state index contributed by atoms with van der Waals surface area (Å²) >= 11 is 0. The van der Waals surface area contributed by atoms with Gasteiger partial charge in [0.25, 0.3) is 0 Å². The van der Waals surface area contributed by atoms with Crippen LogP contribution in [0.15, 0.2) is 140 Å². The maximum Gasteiger partial charge on any atom is 0.163 e. The maximum atomic E-state index is 5.34. The molecule has 0 unspecified atom stereocenters. The van der Waals surface area contributed by atoms with Gasteiger partial charge in [0.2, 0.25) is 0 Å². The SMILES string of the molecule is c1ccc(-c2ccc(-c3nc(-c4c5ccccc5n5ccc6c7ccccc7[nH]c6c45)nc4ccccc34)cc2)cc1. The Kier molecular flexibility index (Phi) is 4.87. The molecule has 0 aliphatic heterocycles. The average Bonchev–Trinajstić information content (AvgIpc) is 3.61. The van der Waals surface area contributed by atoms with Crippen LogP contribution in [0.25, 0.3) is 82.9 Å². The Hall–Kier alpha value is -5.74. The highest BCUT2D eigenvalue weighted by Gasteiger charge is 2.21. The molecule has 4 aromatic heterocycles. The van der Waals surface area contributed by atoms with Gasteiger partial charge in [-0.15, -0.1) is 0 Å². The second-order valence-electron chi connectivity index (χ2n) is 10.7. The molecule has 0 bridgehead atoms. The Morgan fingerprint density at radius 1 is 0.500 bits per heavy atom. The summed E-state index contributed by atoms with van der Waals surface area (Å²) in [6.45, 7) is 0. The van der Waals surface area contributed by atoms with E-state index < -0.39 is 0 Å². The molecule has 4 heterocycles. The number of pyridine rings is 1. The van der Waals surface area contributed by atoms with Gasteiger partial charge < -0.3 is 9.38 Å². The minimum absolute atomic E-state index is 0.723. The Labute approximate surface area is 241 Å². The molecule has 0 amide bonds. The molecule has 42 heavy (non-hydrogen) atoms. The van der Waals surface area contributed by atoms with Crippen molar-refractivity contribution in [1.82, 2.24) is 19.4 Å². The number of fused-ring (bicyclic) bond motifs is 8. The molecule has 1 N–H and O–H groups in total. The fraction of sp³-hybridized carbons (Fsp3) is 0. The highest BCUT2D eigenvalue weighted by Crippen LogP contribution is 2.40. The number of nitrogens with one attached hydrogen (secondary N) is 1. The van der Waals surface area contributed by atoms with E-state index >= 15 is 0 Å². The van der Waals surface area contributed by atoms with Crippen LogP contribution in [0.5, 0.6) is 0 Å². The maximum absolute atomic E-state index is 5.34. The molecule has 4 nitrogen and oxygen atoms in total. The zero-order valence-electron chi connectivity index (χ0n) is 22.6. The van der Waals surface area contributed by atoms with Gasteiger partial charge in [0, 0.05) is 38.8 Å². The summed E-state index contributed by atoms with van der Waals surface area (Å²) in [4.78, 5) is 14.3. The normalized spacial score (nSPS) is 11.8. The molecule has 0 saturated heterocycles. The first kappa shape index (κ1) is 23.0. The second kappa shape index (κ2) is 8.88. The molecule has 0 fully saturated rings. The van der Waals surface area contributed by atoms with Gasteiger partial charge in [-0.25, -0.2) is 9.97 Å². The lowest BCUT2D eigenvalue weighted by atomic mass is 10.0. The first-order valence-electron chi connectivity index (χ1n) is 14.2. The minimum atomic E-state index is 0.723. The summed E-state index contributed by atoms with van der Waals surface area (Å²) < 4.78 is 2.27. The van der Waals surface area contributed by atoms with Crippen LogP contribution >= 0.6 is 0 Å². The summed E-state index contributed by atoms with van der Waals surface area (Å²) in [7, 11) is 0. The molecule has 196 valence electrons. The van der Waals surface area contributed by atoms with E-state index in [0.717, 1.165) is 61.0 Å². The van der Waals surface area contributed by atoms with E-state index in [2.05, 4.69) is 137 Å². The van der Waals surface area contributed by atoms with Crippen LogP contribution in [0.1, 0.15) is 0 Å².